The number of aromatic nitrogens is 1. The molecule has 1 heterocycles. The summed E-state index contributed by atoms with van der Waals surface area (Å²) in [6.07, 6.45) is 4.26. The molecule has 21 heavy (non-hydrogen) atoms. The molecule has 0 saturated carbocycles. The van der Waals surface area contributed by atoms with Gasteiger partial charge in [0.25, 0.3) is 5.91 Å². The molecule has 2 aromatic rings. The zero-order valence-corrected chi connectivity index (χ0v) is 12.7. The van der Waals surface area contributed by atoms with Crippen molar-refractivity contribution in [3.05, 3.63) is 40.6 Å². The van der Waals surface area contributed by atoms with Crippen LogP contribution in [0, 0.1) is 0 Å². The number of carbonyl (C=O) groups excluding carboxylic acids is 1. The van der Waals surface area contributed by atoms with Gasteiger partial charge < -0.3 is 16.0 Å². The van der Waals surface area contributed by atoms with E-state index in [9.17, 15) is 4.79 Å². The number of guanidine groups is 1. The van der Waals surface area contributed by atoms with Crippen molar-refractivity contribution in [1.29, 1.82) is 0 Å². The summed E-state index contributed by atoms with van der Waals surface area (Å²) in [5.74, 6) is -0.656. The Morgan fingerprint density at radius 2 is 2.14 bits per heavy atom. The molecular formula is C15H17ClN4O. The van der Waals surface area contributed by atoms with Gasteiger partial charge in [0.2, 0.25) is 0 Å². The number of halogens is 1. The lowest BCUT2D eigenvalue weighted by Crippen LogP contribution is -2.24. The lowest BCUT2D eigenvalue weighted by Gasteiger charge is -2.00. The molecule has 0 aliphatic carbocycles. The van der Waals surface area contributed by atoms with Crippen LogP contribution in [0.5, 0.6) is 0 Å². The lowest BCUT2D eigenvalue weighted by molar-refractivity contribution is -0.114. The third-order valence-corrected chi connectivity index (χ3v) is 3.50. The molecule has 6 heteroatoms. The summed E-state index contributed by atoms with van der Waals surface area (Å²) in [5.41, 5.74) is 12.9. The molecule has 0 atom stereocenters. The number of nitrogens with two attached hydrogens (primary N) is 2. The summed E-state index contributed by atoms with van der Waals surface area (Å²) in [6, 6.07) is 5.68. The highest BCUT2D eigenvalue weighted by molar-refractivity contribution is 6.35. The van der Waals surface area contributed by atoms with Gasteiger partial charge in [-0.25, -0.2) is 0 Å². The summed E-state index contributed by atoms with van der Waals surface area (Å²) in [4.78, 5) is 15.5. The number of nitrogens with zero attached hydrogens (tertiary/aromatic N) is 2. The number of para-hydroxylation sites is 1. The molecule has 0 fully saturated rings. The molecule has 0 aliphatic heterocycles. The average Bonchev–Trinajstić information content (AvgIpc) is 2.73. The van der Waals surface area contributed by atoms with Gasteiger partial charge in [0.15, 0.2) is 5.96 Å². The molecule has 110 valence electrons. The predicted molar refractivity (Wildman–Crippen MR) is 87.0 cm³/mol. The minimum Gasteiger partial charge on any atom is -0.370 e. The summed E-state index contributed by atoms with van der Waals surface area (Å²) in [6.45, 7) is 1.88. The predicted octanol–water partition coefficient (Wildman–Crippen LogP) is 2.43. The molecule has 0 bridgehead atoms. The minimum atomic E-state index is -0.420. The molecule has 0 unspecified atom stereocenters. The van der Waals surface area contributed by atoms with Gasteiger partial charge in [-0.2, -0.15) is 4.99 Å². The van der Waals surface area contributed by atoms with Crippen LogP contribution in [0.1, 0.15) is 18.9 Å². The van der Waals surface area contributed by atoms with Crippen molar-refractivity contribution in [2.45, 2.75) is 13.3 Å². The SMILES string of the molecule is CCC(=Cc1cn(C)c2c(Cl)cccc12)C(=O)N=C(N)N. The zero-order valence-electron chi connectivity index (χ0n) is 11.9. The van der Waals surface area contributed by atoms with Crippen molar-refractivity contribution in [1.82, 2.24) is 4.57 Å². The standard InChI is InChI=1S/C15H17ClN4O/c1-3-9(14(21)19-15(17)18)7-10-8-20(2)13-11(10)5-4-6-12(13)16/h4-8H,3H2,1-2H3,(H4,17,18,19,21). The smallest absolute Gasteiger partial charge is 0.276 e. The maximum Gasteiger partial charge on any atom is 0.276 e. The van der Waals surface area contributed by atoms with Crippen molar-refractivity contribution in [2.75, 3.05) is 0 Å². The van der Waals surface area contributed by atoms with Gasteiger partial charge in [0.05, 0.1) is 10.5 Å². The normalized spacial score (nSPS) is 11.7. The van der Waals surface area contributed by atoms with Crippen LogP contribution in [-0.4, -0.2) is 16.4 Å². The van der Waals surface area contributed by atoms with E-state index in [4.69, 9.17) is 23.1 Å². The van der Waals surface area contributed by atoms with E-state index in [1.807, 2.05) is 42.9 Å². The summed E-state index contributed by atoms with van der Waals surface area (Å²) in [5, 5.41) is 1.65. The summed E-state index contributed by atoms with van der Waals surface area (Å²) < 4.78 is 1.93. The number of benzene rings is 1. The molecule has 4 N–H and O–H groups in total. The average molecular weight is 305 g/mol. The molecule has 0 spiro atoms. The Labute approximate surface area is 127 Å². The van der Waals surface area contributed by atoms with Crippen LogP contribution in [0.4, 0.5) is 0 Å². The molecule has 1 aromatic carbocycles. The van der Waals surface area contributed by atoms with Gasteiger partial charge in [0, 0.05) is 29.8 Å². The number of fused-ring (bicyclic) bond motifs is 1. The Kier molecular flexibility index (Phi) is 4.33. The van der Waals surface area contributed by atoms with Gasteiger partial charge in [-0.3, -0.25) is 4.79 Å². The van der Waals surface area contributed by atoms with E-state index in [2.05, 4.69) is 4.99 Å². The first-order valence-electron chi connectivity index (χ1n) is 6.52. The van der Waals surface area contributed by atoms with Crippen LogP contribution in [0.2, 0.25) is 5.02 Å². The van der Waals surface area contributed by atoms with Gasteiger partial charge in [-0.05, 0) is 18.6 Å². The number of aliphatic imine (C=N–C) groups is 1. The van der Waals surface area contributed by atoms with E-state index in [0.29, 0.717) is 17.0 Å². The van der Waals surface area contributed by atoms with E-state index in [0.717, 1.165) is 16.5 Å². The highest BCUT2D eigenvalue weighted by Gasteiger charge is 2.11. The van der Waals surface area contributed by atoms with Crippen LogP contribution >= 0.6 is 11.6 Å². The number of aryl methyl sites for hydroxylation is 1. The molecule has 0 saturated heterocycles. The van der Waals surface area contributed by atoms with E-state index in [-0.39, 0.29) is 5.96 Å². The van der Waals surface area contributed by atoms with E-state index in [1.165, 1.54) is 0 Å². The van der Waals surface area contributed by atoms with Crippen molar-refractivity contribution in [3.63, 3.8) is 0 Å². The Bertz CT molecular complexity index is 754. The third-order valence-electron chi connectivity index (χ3n) is 3.20. The molecular weight excluding hydrogens is 288 g/mol. The Morgan fingerprint density at radius 3 is 2.76 bits per heavy atom. The Hall–Kier alpha value is -2.27. The quantitative estimate of drug-likeness (QED) is 0.518. The molecule has 0 radical (unpaired) electrons. The summed E-state index contributed by atoms with van der Waals surface area (Å²) in [7, 11) is 1.91. The second kappa shape index (κ2) is 6.01. The molecule has 1 amide bonds. The number of hydrogen-bond donors (Lipinski definition) is 2. The highest BCUT2D eigenvalue weighted by Crippen LogP contribution is 2.29. The van der Waals surface area contributed by atoms with Crippen LogP contribution in [0.15, 0.2) is 35.0 Å². The highest BCUT2D eigenvalue weighted by atomic mass is 35.5. The maximum absolute atomic E-state index is 12.0. The first-order valence-corrected chi connectivity index (χ1v) is 6.90. The minimum absolute atomic E-state index is 0.236. The first-order chi connectivity index (χ1) is 9.93. The first kappa shape index (κ1) is 15.1. The van der Waals surface area contributed by atoms with Gasteiger partial charge in [0.1, 0.15) is 0 Å². The lowest BCUT2D eigenvalue weighted by atomic mass is 10.1. The second-order valence-corrected chi connectivity index (χ2v) is 5.10. The van der Waals surface area contributed by atoms with Crippen molar-refractivity contribution >= 4 is 40.4 Å². The zero-order chi connectivity index (χ0) is 15.6. The maximum atomic E-state index is 12.0. The number of hydrogen-bond acceptors (Lipinski definition) is 1. The number of rotatable bonds is 3. The largest absolute Gasteiger partial charge is 0.370 e. The fourth-order valence-corrected chi connectivity index (χ4v) is 2.56. The van der Waals surface area contributed by atoms with Gasteiger partial charge in [-0.15, -0.1) is 0 Å². The molecule has 1 aromatic heterocycles. The Balaban J connectivity index is 2.56. The molecule has 0 aliphatic rings. The van der Waals surface area contributed by atoms with Gasteiger partial charge in [-0.1, -0.05) is 30.7 Å². The topological polar surface area (TPSA) is 86.4 Å². The van der Waals surface area contributed by atoms with E-state index in [1.54, 1.807) is 6.08 Å². The fraction of sp³-hybridized carbons (Fsp3) is 0.200. The second-order valence-electron chi connectivity index (χ2n) is 4.70. The van der Waals surface area contributed by atoms with Crippen LogP contribution in [-0.2, 0) is 11.8 Å². The van der Waals surface area contributed by atoms with Crippen LogP contribution < -0.4 is 11.5 Å². The van der Waals surface area contributed by atoms with Gasteiger partial charge >= 0.3 is 0 Å². The van der Waals surface area contributed by atoms with Crippen LogP contribution in [0.3, 0.4) is 0 Å². The van der Waals surface area contributed by atoms with E-state index < -0.39 is 5.91 Å². The fourth-order valence-electron chi connectivity index (χ4n) is 2.26. The van der Waals surface area contributed by atoms with Crippen molar-refractivity contribution in [3.8, 4) is 0 Å². The molecule has 5 nitrogen and oxygen atoms in total. The number of carbonyl (C=O) groups is 1. The summed E-state index contributed by atoms with van der Waals surface area (Å²) >= 11 is 6.21. The van der Waals surface area contributed by atoms with Crippen molar-refractivity contribution in [2.24, 2.45) is 23.5 Å². The monoisotopic (exact) mass is 304 g/mol. The third kappa shape index (κ3) is 3.08. The Morgan fingerprint density at radius 1 is 1.43 bits per heavy atom. The van der Waals surface area contributed by atoms with E-state index >= 15 is 0 Å². The molecule has 2 rings (SSSR count). The van der Waals surface area contributed by atoms with Crippen molar-refractivity contribution < 1.29 is 4.79 Å². The van der Waals surface area contributed by atoms with Crippen LogP contribution in [0.25, 0.3) is 17.0 Å². The number of amides is 1.